The molecular formula is C12H17ClFN. The number of alkyl halides is 1. The molecule has 2 rings (SSSR count). The summed E-state index contributed by atoms with van der Waals surface area (Å²) in [6.45, 7) is 0.847. The molecule has 0 heterocycles. The Hall–Kier alpha value is -0.600. The molecule has 0 aromatic heterocycles. The predicted octanol–water partition coefficient (Wildman–Crippen LogP) is 3.18. The van der Waals surface area contributed by atoms with Gasteiger partial charge in [0.25, 0.3) is 0 Å². The van der Waals surface area contributed by atoms with Crippen LogP contribution in [0.1, 0.15) is 30.4 Å². The van der Waals surface area contributed by atoms with E-state index in [1.807, 2.05) is 31.3 Å². The number of hydrogen-bond acceptors (Lipinski definition) is 1. The number of nitrogens with one attached hydrogen (secondary N) is 1. The van der Waals surface area contributed by atoms with Crippen molar-refractivity contribution in [3.05, 3.63) is 35.4 Å². The summed E-state index contributed by atoms with van der Waals surface area (Å²) in [5, 5.41) is 3.08. The van der Waals surface area contributed by atoms with Crippen LogP contribution in [0.5, 0.6) is 0 Å². The number of hydrogen-bond donors (Lipinski definition) is 1. The first-order valence-corrected chi connectivity index (χ1v) is 5.17. The van der Waals surface area contributed by atoms with Crippen molar-refractivity contribution >= 4 is 12.4 Å². The summed E-state index contributed by atoms with van der Waals surface area (Å²) in [7, 11) is 1.91. The van der Waals surface area contributed by atoms with Crippen LogP contribution in [0, 0.1) is 0 Å². The van der Waals surface area contributed by atoms with E-state index in [2.05, 4.69) is 5.32 Å². The molecule has 1 saturated carbocycles. The summed E-state index contributed by atoms with van der Waals surface area (Å²) in [4.78, 5) is 0. The van der Waals surface area contributed by atoms with Crippen LogP contribution in [0.15, 0.2) is 24.3 Å². The molecule has 0 aliphatic heterocycles. The highest BCUT2D eigenvalue weighted by molar-refractivity contribution is 5.85. The van der Waals surface area contributed by atoms with E-state index >= 15 is 0 Å². The van der Waals surface area contributed by atoms with Gasteiger partial charge < -0.3 is 5.32 Å². The molecule has 0 unspecified atom stereocenters. The first-order chi connectivity index (χ1) is 6.74. The lowest BCUT2D eigenvalue weighted by atomic mass is 9.77. The van der Waals surface area contributed by atoms with E-state index in [0.29, 0.717) is 12.8 Å². The van der Waals surface area contributed by atoms with Crippen molar-refractivity contribution in [2.45, 2.75) is 31.5 Å². The molecule has 1 aromatic carbocycles. The SMILES string of the molecule is CNCc1ccc(C2(F)CCC2)cc1.Cl. The Labute approximate surface area is 96.5 Å². The van der Waals surface area contributed by atoms with E-state index in [4.69, 9.17) is 0 Å². The van der Waals surface area contributed by atoms with E-state index in [0.717, 1.165) is 18.5 Å². The van der Waals surface area contributed by atoms with Crippen LogP contribution in [0.4, 0.5) is 4.39 Å². The Balaban J connectivity index is 0.00000112. The Morgan fingerprint density at radius 2 is 1.87 bits per heavy atom. The van der Waals surface area contributed by atoms with Gasteiger partial charge in [-0.25, -0.2) is 4.39 Å². The first kappa shape index (κ1) is 12.5. The van der Waals surface area contributed by atoms with Crippen molar-refractivity contribution in [3.8, 4) is 0 Å². The van der Waals surface area contributed by atoms with Gasteiger partial charge in [-0.2, -0.15) is 0 Å². The van der Waals surface area contributed by atoms with Gasteiger partial charge in [0.2, 0.25) is 0 Å². The van der Waals surface area contributed by atoms with Gasteiger partial charge in [-0.1, -0.05) is 24.3 Å². The fourth-order valence-electron chi connectivity index (χ4n) is 1.90. The Morgan fingerprint density at radius 3 is 2.27 bits per heavy atom. The van der Waals surface area contributed by atoms with Crippen LogP contribution in [0.25, 0.3) is 0 Å². The van der Waals surface area contributed by atoms with Gasteiger partial charge in [0.05, 0.1) is 0 Å². The lowest BCUT2D eigenvalue weighted by Crippen LogP contribution is -2.28. The van der Waals surface area contributed by atoms with Crippen molar-refractivity contribution in [1.29, 1.82) is 0 Å². The molecule has 0 spiro atoms. The van der Waals surface area contributed by atoms with Crippen molar-refractivity contribution in [3.63, 3.8) is 0 Å². The fourth-order valence-corrected chi connectivity index (χ4v) is 1.90. The summed E-state index contributed by atoms with van der Waals surface area (Å²) in [6, 6.07) is 7.86. The van der Waals surface area contributed by atoms with Gasteiger partial charge in [0.15, 0.2) is 0 Å². The number of rotatable bonds is 3. The molecule has 0 bridgehead atoms. The van der Waals surface area contributed by atoms with Gasteiger partial charge >= 0.3 is 0 Å². The Kier molecular flexibility index (Phi) is 4.12. The molecule has 1 fully saturated rings. The summed E-state index contributed by atoms with van der Waals surface area (Å²) < 4.78 is 13.9. The molecule has 1 aliphatic rings. The second-order valence-electron chi connectivity index (χ2n) is 4.05. The molecule has 0 saturated heterocycles. The molecule has 84 valence electrons. The molecule has 3 heteroatoms. The zero-order chi connectivity index (χ0) is 10.0. The van der Waals surface area contributed by atoms with E-state index in [9.17, 15) is 4.39 Å². The number of benzene rings is 1. The highest BCUT2D eigenvalue weighted by atomic mass is 35.5. The van der Waals surface area contributed by atoms with Gasteiger partial charge in [-0.15, -0.1) is 12.4 Å². The third kappa shape index (κ3) is 2.50. The molecule has 1 aliphatic carbocycles. The maximum absolute atomic E-state index is 13.9. The van der Waals surface area contributed by atoms with E-state index < -0.39 is 5.67 Å². The predicted molar refractivity (Wildman–Crippen MR) is 63.1 cm³/mol. The van der Waals surface area contributed by atoms with Crippen LogP contribution >= 0.6 is 12.4 Å². The topological polar surface area (TPSA) is 12.0 Å². The van der Waals surface area contributed by atoms with Crippen LogP contribution in [-0.2, 0) is 12.2 Å². The lowest BCUT2D eigenvalue weighted by molar-refractivity contribution is 0.0609. The number of halogens is 2. The quantitative estimate of drug-likeness (QED) is 0.840. The summed E-state index contributed by atoms with van der Waals surface area (Å²) in [5.41, 5.74) is 1.04. The minimum atomic E-state index is -1.02. The molecule has 1 N–H and O–H groups in total. The van der Waals surface area contributed by atoms with Crippen LogP contribution < -0.4 is 5.32 Å². The molecule has 1 nitrogen and oxygen atoms in total. The standard InChI is InChI=1S/C12H16FN.ClH/c1-14-9-10-3-5-11(6-4-10)12(13)7-2-8-12;/h3-6,14H,2,7-9H2,1H3;1H. The second kappa shape index (κ2) is 4.95. The van der Waals surface area contributed by atoms with Gasteiger partial charge in [-0.3, -0.25) is 0 Å². The van der Waals surface area contributed by atoms with Gasteiger partial charge in [-0.05, 0) is 37.4 Å². The molecule has 0 amide bonds. The zero-order valence-corrected chi connectivity index (χ0v) is 9.74. The molecule has 1 aromatic rings. The highest BCUT2D eigenvalue weighted by Gasteiger charge is 2.38. The Bertz CT molecular complexity index is 306. The first-order valence-electron chi connectivity index (χ1n) is 5.17. The highest BCUT2D eigenvalue weighted by Crippen LogP contribution is 2.44. The van der Waals surface area contributed by atoms with Crippen molar-refractivity contribution in [1.82, 2.24) is 5.32 Å². The zero-order valence-electron chi connectivity index (χ0n) is 8.92. The summed E-state index contributed by atoms with van der Waals surface area (Å²) >= 11 is 0. The monoisotopic (exact) mass is 229 g/mol. The normalized spacial score (nSPS) is 17.7. The lowest BCUT2D eigenvalue weighted by Gasteiger charge is -2.34. The molecular weight excluding hydrogens is 213 g/mol. The van der Waals surface area contributed by atoms with E-state index in [1.165, 1.54) is 5.56 Å². The second-order valence-corrected chi connectivity index (χ2v) is 4.05. The Morgan fingerprint density at radius 1 is 1.27 bits per heavy atom. The van der Waals surface area contributed by atoms with E-state index in [1.54, 1.807) is 0 Å². The van der Waals surface area contributed by atoms with Crippen LogP contribution in [0.3, 0.4) is 0 Å². The largest absolute Gasteiger partial charge is 0.316 e. The third-order valence-electron chi connectivity index (χ3n) is 3.00. The van der Waals surface area contributed by atoms with Crippen molar-refractivity contribution < 1.29 is 4.39 Å². The van der Waals surface area contributed by atoms with Gasteiger partial charge in [0, 0.05) is 6.54 Å². The summed E-state index contributed by atoms with van der Waals surface area (Å²) in [5.74, 6) is 0. The van der Waals surface area contributed by atoms with Gasteiger partial charge in [0.1, 0.15) is 5.67 Å². The maximum Gasteiger partial charge on any atom is 0.136 e. The van der Waals surface area contributed by atoms with Crippen LogP contribution in [0.2, 0.25) is 0 Å². The maximum atomic E-state index is 13.9. The fraction of sp³-hybridized carbons (Fsp3) is 0.500. The smallest absolute Gasteiger partial charge is 0.136 e. The average Bonchev–Trinajstić information content (AvgIpc) is 2.16. The molecule has 0 radical (unpaired) electrons. The summed E-state index contributed by atoms with van der Waals surface area (Å²) in [6.07, 6.45) is 2.41. The van der Waals surface area contributed by atoms with Crippen LogP contribution in [-0.4, -0.2) is 7.05 Å². The molecule has 15 heavy (non-hydrogen) atoms. The van der Waals surface area contributed by atoms with Crippen molar-refractivity contribution in [2.24, 2.45) is 0 Å². The minimum absolute atomic E-state index is 0. The van der Waals surface area contributed by atoms with Crippen molar-refractivity contribution in [2.75, 3.05) is 7.05 Å². The third-order valence-corrected chi connectivity index (χ3v) is 3.00. The average molecular weight is 230 g/mol. The molecule has 0 atom stereocenters. The van der Waals surface area contributed by atoms with E-state index in [-0.39, 0.29) is 12.4 Å². The minimum Gasteiger partial charge on any atom is -0.316 e.